The molecule has 3 aromatic rings. The van der Waals surface area contributed by atoms with Gasteiger partial charge in [-0.25, -0.2) is 8.42 Å². The summed E-state index contributed by atoms with van der Waals surface area (Å²) in [5.41, 5.74) is 1.55. The Morgan fingerprint density at radius 1 is 0.848 bits per heavy atom. The second-order valence-electron chi connectivity index (χ2n) is 7.44. The Morgan fingerprint density at radius 2 is 1.48 bits per heavy atom. The number of hydrogen-bond donors (Lipinski definition) is 2. The van der Waals surface area contributed by atoms with Gasteiger partial charge in [0, 0.05) is 19.2 Å². The van der Waals surface area contributed by atoms with Gasteiger partial charge in [-0.15, -0.1) is 0 Å². The summed E-state index contributed by atoms with van der Waals surface area (Å²) in [5, 5.41) is 5.62. The molecule has 0 atom stereocenters. The number of benzene rings is 3. The van der Waals surface area contributed by atoms with Crippen molar-refractivity contribution in [3.8, 4) is 0 Å². The van der Waals surface area contributed by atoms with Crippen LogP contribution in [0.15, 0.2) is 83.8 Å². The summed E-state index contributed by atoms with van der Waals surface area (Å²) in [5.74, 6) is -0.647. The van der Waals surface area contributed by atoms with Crippen molar-refractivity contribution in [2.45, 2.75) is 24.7 Å². The van der Waals surface area contributed by atoms with Crippen molar-refractivity contribution < 1.29 is 18.0 Å². The molecule has 0 heterocycles. The lowest BCUT2D eigenvalue weighted by Crippen LogP contribution is -2.27. The van der Waals surface area contributed by atoms with Gasteiger partial charge in [0.1, 0.15) is 0 Å². The van der Waals surface area contributed by atoms with Gasteiger partial charge in [0.2, 0.25) is 0 Å². The molecule has 2 amide bonds. The van der Waals surface area contributed by atoms with Crippen LogP contribution in [-0.2, 0) is 10.0 Å². The van der Waals surface area contributed by atoms with E-state index in [1.165, 1.54) is 23.5 Å². The molecule has 0 bridgehead atoms. The van der Waals surface area contributed by atoms with Crippen molar-refractivity contribution in [1.29, 1.82) is 0 Å². The molecule has 7 nitrogen and oxygen atoms in total. The molecule has 172 valence electrons. The van der Waals surface area contributed by atoms with Crippen molar-refractivity contribution in [1.82, 2.24) is 5.32 Å². The zero-order valence-corrected chi connectivity index (χ0v) is 19.4. The molecule has 0 spiro atoms. The number of hydrogen-bond acceptors (Lipinski definition) is 4. The maximum Gasteiger partial charge on any atom is 0.264 e. The van der Waals surface area contributed by atoms with Crippen LogP contribution in [-0.4, -0.2) is 33.8 Å². The number of sulfonamides is 1. The Kier molecular flexibility index (Phi) is 7.84. The molecule has 0 unspecified atom stereocenters. The Morgan fingerprint density at radius 3 is 2.15 bits per heavy atom. The molecule has 8 heteroatoms. The lowest BCUT2D eigenvalue weighted by Gasteiger charge is -2.19. The number of unbranched alkanes of at least 4 members (excludes halogenated alkanes) is 1. The van der Waals surface area contributed by atoms with Gasteiger partial charge in [0.05, 0.1) is 21.8 Å². The fourth-order valence-electron chi connectivity index (χ4n) is 3.17. The van der Waals surface area contributed by atoms with E-state index in [4.69, 9.17) is 0 Å². The molecule has 3 aromatic carbocycles. The first-order valence-electron chi connectivity index (χ1n) is 10.7. The van der Waals surface area contributed by atoms with Crippen LogP contribution in [0.5, 0.6) is 0 Å². The molecule has 0 radical (unpaired) electrons. The third-order valence-corrected chi connectivity index (χ3v) is 6.93. The number of para-hydroxylation sites is 1. The highest BCUT2D eigenvalue weighted by atomic mass is 32.2. The van der Waals surface area contributed by atoms with Crippen molar-refractivity contribution in [3.63, 3.8) is 0 Å². The Balaban J connectivity index is 1.74. The van der Waals surface area contributed by atoms with Crippen LogP contribution < -0.4 is 14.9 Å². The maximum atomic E-state index is 12.8. The minimum absolute atomic E-state index is 0.183. The van der Waals surface area contributed by atoms with Gasteiger partial charge in [-0.3, -0.25) is 13.9 Å². The fraction of sp³-hybridized carbons (Fsp3) is 0.200. The van der Waals surface area contributed by atoms with Crippen molar-refractivity contribution >= 4 is 33.2 Å². The average molecular weight is 466 g/mol. The normalized spacial score (nSPS) is 11.0. The van der Waals surface area contributed by atoms with Gasteiger partial charge < -0.3 is 10.6 Å². The first kappa shape index (κ1) is 24.0. The number of nitrogens with one attached hydrogen (secondary N) is 2. The van der Waals surface area contributed by atoms with Gasteiger partial charge in [-0.05, 0) is 55.0 Å². The third-order valence-electron chi connectivity index (χ3n) is 5.13. The standard InChI is InChI=1S/C25H27N3O4S/c1-3-4-18-26-25(30)22-12-8-9-13-23(22)27-24(29)19-14-16-20(17-15-19)28(2)33(31,32)21-10-6-5-7-11-21/h5-17H,3-4,18H2,1-2H3,(H,26,30)(H,27,29). The predicted octanol–water partition coefficient (Wildman–Crippen LogP) is 4.29. The molecule has 0 aliphatic heterocycles. The number of anilines is 2. The molecule has 0 aliphatic carbocycles. The zero-order valence-electron chi connectivity index (χ0n) is 18.6. The quantitative estimate of drug-likeness (QED) is 0.461. The molecule has 0 fully saturated rings. The summed E-state index contributed by atoms with van der Waals surface area (Å²) < 4.78 is 26.8. The number of nitrogens with zero attached hydrogens (tertiary/aromatic N) is 1. The molecular formula is C25H27N3O4S. The van der Waals surface area contributed by atoms with E-state index in [9.17, 15) is 18.0 Å². The van der Waals surface area contributed by atoms with E-state index >= 15 is 0 Å². The fourth-order valence-corrected chi connectivity index (χ4v) is 4.39. The molecule has 3 rings (SSSR count). The largest absolute Gasteiger partial charge is 0.352 e. The van der Waals surface area contributed by atoms with Crippen LogP contribution in [0.3, 0.4) is 0 Å². The van der Waals surface area contributed by atoms with E-state index in [1.54, 1.807) is 66.7 Å². The summed E-state index contributed by atoms with van der Waals surface area (Å²) in [7, 11) is -2.25. The van der Waals surface area contributed by atoms with Crippen LogP contribution in [0.25, 0.3) is 0 Å². The van der Waals surface area contributed by atoms with E-state index in [0.29, 0.717) is 29.0 Å². The highest BCUT2D eigenvalue weighted by molar-refractivity contribution is 7.92. The minimum Gasteiger partial charge on any atom is -0.352 e. The van der Waals surface area contributed by atoms with E-state index < -0.39 is 15.9 Å². The molecule has 0 aliphatic rings. The van der Waals surface area contributed by atoms with Gasteiger partial charge in [-0.2, -0.15) is 0 Å². The van der Waals surface area contributed by atoms with Crippen LogP contribution in [0.2, 0.25) is 0 Å². The first-order chi connectivity index (χ1) is 15.8. The lowest BCUT2D eigenvalue weighted by molar-refractivity contribution is 0.0954. The Labute approximate surface area is 194 Å². The van der Waals surface area contributed by atoms with Crippen LogP contribution in [0, 0.1) is 0 Å². The van der Waals surface area contributed by atoms with Crippen LogP contribution in [0.1, 0.15) is 40.5 Å². The van der Waals surface area contributed by atoms with Gasteiger partial charge in [0.25, 0.3) is 21.8 Å². The summed E-state index contributed by atoms with van der Waals surface area (Å²) >= 11 is 0. The smallest absolute Gasteiger partial charge is 0.264 e. The van der Waals surface area contributed by atoms with E-state index in [0.717, 1.165) is 12.8 Å². The minimum atomic E-state index is -3.71. The monoisotopic (exact) mass is 465 g/mol. The first-order valence-corrected chi connectivity index (χ1v) is 12.1. The van der Waals surface area contributed by atoms with Crippen LogP contribution in [0.4, 0.5) is 11.4 Å². The second kappa shape index (κ2) is 10.8. The number of amides is 2. The molecule has 0 saturated carbocycles. The van der Waals surface area contributed by atoms with Crippen molar-refractivity contribution in [3.05, 3.63) is 90.0 Å². The zero-order chi connectivity index (χ0) is 23.8. The summed E-state index contributed by atoms with van der Waals surface area (Å²) in [6.07, 6.45) is 1.84. The topological polar surface area (TPSA) is 95.6 Å². The second-order valence-corrected chi connectivity index (χ2v) is 9.41. The number of rotatable bonds is 9. The van der Waals surface area contributed by atoms with Gasteiger partial charge in [-0.1, -0.05) is 43.7 Å². The highest BCUT2D eigenvalue weighted by Gasteiger charge is 2.21. The lowest BCUT2D eigenvalue weighted by atomic mass is 10.1. The predicted molar refractivity (Wildman–Crippen MR) is 130 cm³/mol. The molecule has 0 aromatic heterocycles. The maximum absolute atomic E-state index is 12.8. The van der Waals surface area contributed by atoms with E-state index in [1.807, 2.05) is 6.92 Å². The molecular weight excluding hydrogens is 438 g/mol. The summed E-state index contributed by atoms with van der Waals surface area (Å²) in [6, 6.07) is 21.2. The van der Waals surface area contributed by atoms with E-state index in [-0.39, 0.29) is 10.8 Å². The Hall–Kier alpha value is -3.65. The van der Waals surface area contributed by atoms with Gasteiger partial charge >= 0.3 is 0 Å². The molecule has 33 heavy (non-hydrogen) atoms. The molecule has 0 saturated heterocycles. The highest BCUT2D eigenvalue weighted by Crippen LogP contribution is 2.23. The third kappa shape index (κ3) is 5.78. The summed E-state index contributed by atoms with van der Waals surface area (Å²) in [4.78, 5) is 25.4. The van der Waals surface area contributed by atoms with Crippen LogP contribution >= 0.6 is 0 Å². The molecule has 2 N–H and O–H groups in total. The Bertz CT molecular complexity index is 1210. The number of carbonyl (C=O) groups excluding carboxylic acids is 2. The van der Waals surface area contributed by atoms with E-state index in [2.05, 4.69) is 10.6 Å². The van der Waals surface area contributed by atoms with Crippen molar-refractivity contribution in [2.24, 2.45) is 0 Å². The average Bonchev–Trinajstić information content (AvgIpc) is 2.84. The SMILES string of the molecule is CCCCNC(=O)c1ccccc1NC(=O)c1ccc(N(C)S(=O)(=O)c2ccccc2)cc1. The number of carbonyl (C=O) groups is 2. The summed E-state index contributed by atoms with van der Waals surface area (Å²) in [6.45, 7) is 2.61. The van der Waals surface area contributed by atoms with Crippen molar-refractivity contribution in [2.75, 3.05) is 23.2 Å². The van der Waals surface area contributed by atoms with Gasteiger partial charge in [0.15, 0.2) is 0 Å².